The molecule has 6 nitrogen and oxygen atoms in total. The number of carboxylic acid groups (broad SMARTS) is 1. The van der Waals surface area contributed by atoms with Crippen LogP contribution in [0.15, 0.2) is 48.5 Å². The Hall–Kier alpha value is -3.02. The fourth-order valence-electron chi connectivity index (χ4n) is 2.99. The summed E-state index contributed by atoms with van der Waals surface area (Å²) in [6.07, 6.45) is 3.07. The van der Waals surface area contributed by atoms with Gasteiger partial charge in [0.25, 0.3) is 0 Å². The molecule has 0 aliphatic carbocycles. The first-order valence-corrected chi connectivity index (χ1v) is 9.88. The summed E-state index contributed by atoms with van der Waals surface area (Å²) in [4.78, 5) is 23.8. The molecule has 0 bridgehead atoms. The van der Waals surface area contributed by atoms with Crippen LogP contribution in [0.25, 0.3) is 0 Å². The van der Waals surface area contributed by atoms with Gasteiger partial charge in [-0.2, -0.15) is 0 Å². The lowest BCUT2D eigenvalue weighted by molar-refractivity contribution is -0.152. The van der Waals surface area contributed by atoms with E-state index in [1.165, 1.54) is 13.8 Å². The van der Waals surface area contributed by atoms with Gasteiger partial charge < -0.3 is 20.9 Å². The van der Waals surface area contributed by atoms with E-state index in [0.717, 1.165) is 30.4 Å². The minimum atomic E-state index is -1.32. The van der Waals surface area contributed by atoms with E-state index in [-0.39, 0.29) is 18.4 Å². The van der Waals surface area contributed by atoms with Gasteiger partial charge in [0.15, 0.2) is 5.60 Å². The number of nitrogens with two attached hydrogens (primary N) is 1. The van der Waals surface area contributed by atoms with Crippen molar-refractivity contribution in [2.45, 2.75) is 58.1 Å². The van der Waals surface area contributed by atoms with Gasteiger partial charge in [-0.25, -0.2) is 4.79 Å². The number of carbonyl (C=O) groups excluding carboxylic acids is 1. The highest BCUT2D eigenvalue weighted by Gasteiger charge is 2.29. The Balaban J connectivity index is 2.02. The molecule has 1 unspecified atom stereocenters. The quantitative estimate of drug-likeness (QED) is 0.523. The molecule has 0 saturated heterocycles. The maximum atomic E-state index is 12.6. The van der Waals surface area contributed by atoms with Crippen LogP contribution in [0.3, 0.4) is 0 Å². The highest BCUT2D eigenvalue weighted by atomic mass is 16.5. The maximum Gasteiger partial charge on any atom is 0.347 e. The number of hydrogen-bond donors (Lipinski definition) is 3. The Morgan fingerprint density at radius 2 is 1.79 bits per heavy atom. The molecular formula is C23H30N2O4. The third kappa shape index (κ3) is 6.52. The Morgan fingerprint density at radius 3 is 2.38 bits per heavy atom. The first-order valence-electron chi connectivity index (χ1n) is 9.88. The van der Waals surface area contributed by atoms with Gasteiger partial charge >= 0.3 is 5.97 Å². The lowest BCUT2D eigenvalue weighted by Crippen LogP contribution is -2.37. The first kappa shape index (κ1) is 22.3. The number of unbranched alkanes of at least 4 members (excludes halogenated alkanes) is 1. The van der Waals surface area contributed by atoms with Crippen LogP contribution in [0.4, 0.5) is 5.69 Å². The molecule has 0 aliphatic rings. The summed E-state index contributed by atoms with van der Waals surface area (Å²) < 4.78 is 5.49. The van der Waals surface area contributed by atoms with Gasteiger partial charge in [-0.05, 0) is 49.6 Å². The van der Waals surface area contributed by atoms with Gasteiger partial charge in [0.1, 0.15) is 5.75 Å². The minimum absolute atomic E-state index is 0.0890. The molecule has 1 atom stereocenters. The molecule has 29 heavy (non-hydrogen) atoms. The van der Waals surface area contributed by atoms with E-state index in [4.69, 9.17) is 15.6 Å². The van der Waals surface area contributed by atoms with E-state index in [1.807, 2.05) is 24.3 Å². The summed E-state index contributed by atoms with van der Waals surface area (Å²) in [5.74, 6) is -0.687. The van der Waals surface area contributed by atoms with E-state index >= 15 is 0 Å². The Morgan fingerprint density at radius 1 is 1.14 bits per heavy atom. The lowest BCUT2D eigenvalue weighted by Gasteiger charge is -2.22. The number of nitrogens with one attached hydrogen (secondary N) is 1. The SMILES string of the molecule is CCCCC(NC(=O)Cc1ccc(OC(C)(C)C(=O)O)cc1)c1ccccc1N. The van der Waals surface area contributed by atoms with Crippen molar-refractivity contribution in [1.29, 1.82) is 0 Å². The molecular weight excluding hydrogens is 368 g/mol. The van der Waals surface area contributed by atoms with Crippen LogP contribution in [0.2, 0.25) is 0 Å². The Bertz CT molecular complexity index is 831. The van der Waals surface area contributed by atoms with E-state index in [0.29, 0.717) is 11.4 Å². The van der Waals surface area contributed by atoms with Crippen LogP contribution in [0.1, 0.15) is 57.2 Å². The standard InChI is InChI=1S/C23H30N2O4/c1-4-5-10-20(18-8-6-7-9-19(18)24)25-21(26)15-16-11-13-17(14-12-16)29-23(2,3)22(27)28/h6-9,11-14,20H,4-5,10,15,24H2,1-3H3,(H,25,26)(H,27,28). The van der Waals surface area contributed by atoms with Crippen molar-refractivity contribution >= 4 is 17.6 Å². The number of carboxylic acids is 1. The Kier molecular flexibility index (Phi) is 7.65. The molecule has 0 heterocycles. The molecule has 0 aliphatic heterocycles. The second-order valence-corrected chi connectivity index (χ2v) is 7.63. The maximum absolute atomic E-state index is 12.6. The first-order chi connectivity index (χ1) is 13.7. The number of carbonyl (C=O) groups is 2. The van der Waals surface area contributed by atoms with Gasteiger partial charge in [0.2, 0.25) is 5.91 Å². The second-order valence-electron chi connectivity index (χ2n) is 7.63. The summed E-state index contributed by atoms with van der Waals surface area (Å²) in [6.45, 7) is 5.09. The van der Waals surface area contributed by atoms with Crippen molar-refractivity contribution in [2.75, 3.05) is 5.73 Å². The van der Waals surface area contributed by atoms with Crippen LogP contribution in [-0.2, 0) is 16.0 Å². The largest absolute Gasteiger partial charge is 0.478 e. The molecule has 4 N–H and O–H groups in total. The molecule has 2 aromatic carbocycles. The minimum Gasteiger partial charge on any atom is -0.478 e. The average molecular weight is 399 g/mol. The van der Waals surface area contributed by atoms with Crippen molar-refractivity contribution < 1.29 is 19.4 Å². The number of nitrogen functional groups attached to an aromatic ring is 1. The van der Waals surface area contributed by atoms with Gasteiger partial charge in [-0.15, -0.1) is 0 Å². The summed E-state index contributed by atoms with van der Waals surface area (Å²) in [5.41, 5.74) is 7.22. The van der Waals surface area contributed by atoms with Crippen LogP contribution in [0, 0.1) is 0 Å². The average Bonchev–Trinajstić information content (AvgIpc) is 2.67. The summed E-state index contributed by atoms with van der Waals surface area (Å²) in [7, 11) is 0. The summed E-state index contributed by atoms with van der Waals surface area (Å²) in [5, 5.41) is 12.2. The van der Waals surface area contributed by atoms with Gasteiger partial charge in [-0.3, -0.25) is 4.79 Å². The van der Waals surface area contributed by atoms with Crippen LogP contribution in [-0.4, -0.2) is 22.6 Å². The number of para-hydroxylation sites is 1. The number of aliphatic carboxylic acids is 1. The molecule has 1 amide bonds. The van der Waals surface area contributed by atoms with E-state index < -0.39 is 11.6 Å². The number of benzene rings is 2. The van der Waals surface area contributed by atoms with Crippen LogP contribution in [0.5, 0.6) is 5.75 Å². The van der Waals surface area contributed by atoms with Gasteiger partial charge in [0, 0.05) is 5.69 Å². The number of hydrogen-bond acceptors (Lipinski definition) is 4. The molecule has 2 aromatic rings. The number of rotatable bonds is 10. The van der Waals surface area contributed by atoms with Crippen LogP contribution >= 0.6 is 0 Å². The third-order valence-corrected chi connectivity index (χ3v) is 4.73. The zero-order chi connectivity index (χ0) is 21.4. The van der Waals surface area contributed by atoms with Crippen molar-refractivity contribution in [3.63, 3.8) is 0 Å². The third-order valence-electron chi connectivity index (χ3n) is 4.73. The zero-order valence-electron chi connectivity index (χ0n) is 17.3. The van der Waals surface area contributed by atoms with E-state index in [2.05, 4.69) is 12.2 Å². The molecule has 0 fully saturated rings. The van der Waals surface area contributed by atoms with Gasteiger partial charge in [0.05, 0.1) is 12.5 Å². The van der Waals surface area contributed by atoms with Gasteiger partial charge in [-0.1, -0.05) is 50.1 Å². The van der Waals surface area contributed by atoms with Crippen molar-refractivity contribution in [1.82, 2.24) is 5.32 Å². The number of anilines is 1. The number of ether oxygens (including phenoxy) is 1. The molecule has 0 saturated carbocycles. The predicted octanol–water partition coefficient (Wildman–Crippen LogP) is 4.10. The number of amides is 1. The highest BCUT2D eigenvalue weighted by molar-refractivity contribution is 5.79. The van der Waals surface area contributed by atoms with Crippen LogP contribution < -0.4 is 15.8 Å². The summed E-state index contributed by atoms with van der Waals surface area (Å²) >= 11 is 0. The fourth-order valence-corrected chi connectivity index (χ4v) is 2.99. The van der Waals surface area contributed by atoms with E-state index in [9.17, 15) is 9.59 Å². The molecule has 2 rings (SSSR count). The van der Waals surface area contributed by atoms with Crippen molar-refractivity contribution in [2.24, 2.45) is 0 Å². The molecule has 0 aromatic heterocycles. The second kappa shape index (κ2) is 9.96. The zero-order valence-corrected chi connectivity index (χ0v) is 17.3. The molecule has 6 heteroatoms. The predicted molar refractivity (Wildman–Crippen MR) is 114 cm³/mol. The van der Waals surface area contributed by atoms with Crippen molar-refractivity contribution in [3.8, 4) is 5.75 Å². The Labute approximate surface area is 172 Å². The molecule has 0 radical (unpaired) electrons. The fraction of sp³-hybridized carbons (Fsp3) is 0.391. The summed E-state index contributed by atoms with van der Waals surface area (Å²) in [6, 6.07) is 14.4. The monoisotopic (exact) mass is 398 g/mol. The molecule has 0 spiro atoms. The van der Waals surface area contributed by atoms with E-state index in [1.54, 1.807) is 24.3 Å². The topological polar surface area (TPSA) is 102 Å². The smallest absolute Gasteiger partial charge is 0.347 e. The highest BCUT2D eigenvalue weighted by Crippen LogP contribution is 2.25. The van der Waals surface area contributed by atoms with Crippen molar-refractivity contribution in [3.05, 3.63) is 59.7 Å². The molecule has 156 valence electrons. The normalized spacial score (nSPS) is 12.2. The lowest BCUT2D eigenvalue weighted by atomic mass is 9.99.